The molecule has 12 heavy (non-hydrogen) atoms. The summed E-state index contributed by atoms with van der Waals surface area (Å²) in [6.07, 6.45) is 4.42. The molecule has 3 N–H and O–H groups in total. The molecule has 1 rings (SSSR count). The van der Waals surface area contributed by atoms with Gasteiger partial charge in [0.1, 0.15) is 6.04 Å². The van der Waals surface area contributed by atoms with Crippen LogP contribution in [0.15, 0.2) is 0 Å². The maximum atomic E-state index is 10.4. The van der Waals surface area contributed by atoms with E-state index in [9.17, 15) is 4.79 Å². The molecule has 0 amide bonds. The molecule has 0 spiro atoms. The predicted octanol–water partition coefficient (Wildman–Crippen LogP) is 1.22. The van der Waals surface area contributed by atoms with Gasteiger partial charge in [0, 0.05) is 0 Å². The fourth-order valence-corrected chi connectivity index (χ4v) is 1.55. The number of aliphatic carboxylic acids is 1. The number of hydrogen-bond donors (Lipinski definition) is 2. The Hall–Kier alpha value is -0.570. The number of nitrogens with two attached hydrogens (primary N) is 1. The first-order valence-corrected chi connectivity index (χ1v) is 4.58. The van der Waals surface area contributed by atoms with Crippen LogP contribution >= 0.6 is 0 Å². The highest BCUT2D eigenvalue weighted by Crippen LogP contribution is 2.36. The Morgan fingerprint density at radius 3 is 2.67 bits per heavy atom. The SMILES string of the molecule is CC(CC1CC1)CC(N)C(=O)O. The molecule has 1 fully saturated rings. The van der Waals surface area contributed by atoms with E-state index in [1.165, 1.54) is 12.8 Å². The van der Waals surface area contributed by atoms with Crippen LogP contribution in [-0.2, 0) is 4.79 Å². The first-order valence-electron chi connectivity index (χ1n) is 4.58. The smallest absolute Gasteiger partial charge is 0.320 e. The Bertz CT molecular complexity index is 166. The van der Waals surface area contributed by atoms with E-state index >= 15 is 0 Å². The normalized spacial score (nSPS) is 21.8. The third-order valence-corrected chi connectivity index (χ3v) is 2.41. The molecule has 0 radical (unpaired) electrons. The second-order valence-electron chi connectivity index (χ2n) is 3.96. The maximum absolute atomic E-state index is 10.4. The summed E-state index contributed by atoms with van der Waals surface area (Å²) >= 11 is 0. The minimum absolute atomic E-state index is 0.462. The van der Waals surface area contributed by atoms with Gasteiger partial charge in [0.25, 0.3) is 0 Å². The second-order valence-corrected chi connectivity index (χ2v) is 3.96. The quantitative estimate of drug-likeness (QED) is 0.653. The number of hydrogen-bond acceptors (Lipinski definition) is 2. The van der Waals surface area contributed by atoms with Crippen molar-refractivity contribution in [2.75, 3.05) is 0 Å². The van der Waals surface area contributed by atoms with Crippen LogP contribution in [0.25, 0.3) is 0 Å². The van der Waals surface area contributed by atoms with Gasteiger partial charge in [-0.25, -0.2) is 0 Å². The van der Waals surface area contributed by atoms with Crippen LogP contribution < -0.4 is 5.73 Å². The summed E-state index contributed by atoms with van der Waals surface area (Å²) in [5.41, 5.74) is 5.41. The van der Waals surface area contributed by atoms with Gasteiger partial charge in [0.05, 0.1) is 0 Å². The van der Waals surface area contributed by atoms with Crippen LogP contribution in [-0.4, -0.2) is 17.1 Å². The van der Waals surface area contributed by atoms with Crippen molar-refractivity contribution in [2.45, 2.75) is 38.6 Å². The van der Waals surface area contributed by atoms with Gasteiger partial charge >= 0.3 is 5.97 Å². The van der Waals surface area contributed by atoms with Crippen molar-refractivity contribution in [3.8, 4) is 0 Å². The molecular formula is C9H17NO2. The fraction of sp³-hybridized carbons (Fsp3) is 0.889. The van der Waals surface area contributed by atoms with E-state index in [4.69, 9.17) is 10.8 Å². The minimum atomic E-state index is -0.877. The second kappa shape index (κ2) is 3.90. The zero-order valence-electron chi connectivity index (χ0n) is 7.49. The van der Waals surface area contributed by atoms with Crippen molar-refractivity contribution in [1.82, 2.24) is 0 Å². The zero-order valence-corrected chi connectivity index (χ0v) is 7.49. The van der Waals surface area contributed by atoms with Crippen LogP contribution in [0.4, 0.5) is 0 Å². The van der Waals surface area contributed by atoms with E-state index in [2.05, 4.69) is 6.92 Å². The van der Waals surface area contributed by atoms with Crippen molar-refractivity contribution in [3.05, 3.63) is 0 Å². The van der Waals surface area contributed by atoms with Crippen LogP contribution in [0, 0.1) is 11.8 Å². The third-order valence-electron chi connectivity index (χ3n) is 2.41. The molecule has 0 aromatic heterocycles. The van der Waals surface area contributed by atoms with Crippen LogP contribution in [0.1, 0.15) is 32.6 Å². The molecule has 70 valence electrons. The highest BCUT2D eigenvalue weighted by atomic mass is 16.4. The van der Waals surface area contributed by atoms with Crippen molar-refractivity contribution in [3.63, 3.8) is 0 Å². The van der Waals surface area contributed by atoms with E-state index in [0.29, 0.717) is 12.3 Å². The summed E-state index contributed by atoms with van der Waals surface area (Å²) in [6.45, 7) is 2.08. The molecule has 3 heteroatoms. The number of carboxylic acid groups (broad SMARTS) is 1. The van der Waals surface area contributed by atoms with E-state index in [1.807, 2.05) is 0 Å². The van der Waals surface area contributed by atoms with Gasteiger partial charge in [-0.3, -0.25) is 4.79 Å². The van der Waals surface area contributed by atoms with E-state index in [-0.39, 0.29) is 0 Å². The van der Waals surface area contributed by atoms with Crippen LogP contribution in [0.5, 0.6) is 0 Å². The van der Waals surface area contributed by atoms with Gasteiger partial charge in [-0.05, 0) is 24.7 Å². The highest BCUT2D eigenvalue weighted by molar-refractivity contribution is 5.72. The maximum Gasteiger partial charge on any atom is 0.320 e. The summed E-state index contributed by atoms with van der Waals surface area (Å²) < 4.78 is 0. The first-order chi connectivity index (χ1) is 5.59. The predicted molar refractivity (Wildman–Crippen MR) is 46.7 cm³/mol. The van der Waals surface area contributed by atoms with Crippen LogP contribution in [0.2, 0.25) is 0 Å². The molecule has 0 aliphatic heterocycles. The third kappa shape index (κ3) is 3.22. The fourth-order valence-electron chi connectivity index (χ4n) is 1.55. The van der Waals surface area contributed by atoms with Gasteiger partial charge in [0.15, 0.2) is 0 Å². The standard InChI is InChI=1S/C9H17NO2/c1-6(4-7-2-3-7)5-8(10)9(11)12/h6-8H,2-5,10H2,1H3,(H,11,12). The summed E-state index contributed by atoms with van der Waals surface area (Å²) in [5.74, 6) is 0.447. The highest BCUT2D eigenvalue weighted by Gasteiger charge is 2.25. The summed E-state index contributed by atoms with van der Waals surface area (Å²) in [7, 11) is 0. The Morgan fingerprint density at radius 2 is 2.25 bits per heavy atom. The molecule has 3 nitrogen and oxygen atoms in total. The molecule has 0 aromatic carbocycles. The first kappa shape index (κ1) is 9.52. The lowest BCUT2D eigenvalue weighted by Gasteiger charge is -2.13. The average Bonchev–Trinajstić information content (AvgIpc) is 2.71. The molecule has 2 unspecified atom stereocenters. The van der Waals surface area contributed by atoms with Crippen molar-refractivity contribution < 1.29 is 9.90 Å². The van der Waals surface area contributed by atoms with Gasteiger partial charge in [0.2, 0.25) is 0 Å². The van der Waals surface area contributed by atoms with Crippen molar-refractivity contribution in [1.29, 1.82) is 0 Å². The lowest BCUT2D eigenvalue weighted by atomic mass is 9.97. The molecule has 1 saturated carbocycles. The summed E-state index contributed by atoms with van der Waals surface area (Å²) in [6, 6.07) is -0.668. The average molecular weight is 171 g/mol. The van der Waals surface area contributed by atoms with E-state index in [0.717, 1.165) is 12.3 Å². The van der Waals surface area contributed by atoms with Gasteiger partial charge in [-0.15, -0.1) is 0 Å². The molecule has 1 aliphatic carbocycles. The number of carbonyl (C=O) groups is 1. The van der Waals surface area contributed by atoms with Crippen LogP contribution in [0.3, 0.4) is 0 Å². The monoisotopic (exact) mass is 171 g/mol. The van der Waals surface area contributed by atoms with Crippen molar-refractivity contribution >= 4 is 5.97 Å². The summed E-state index contributed by atoms with van der Waals surface area (Å²) in [4.78, 5) is 10.4. The zero-order chi connectivity index (χ0) is 9.14. The van der Waals surface area contributed by atoms with E-state index < -0.39 is 12.0 Å². The van der Waals surface area contributed by atoms with Gasteiger partial charge in [-0.1, -0.05) is 19.8 Å². The summed E-state index contributed by atoms with van der Waals surface area (Å²) in [5, 5.41) is 8.56. The number of carboxylic acids is 1. The Morgan fingerprint density at radius 1 is 1.67 bits per heavy atom. The lowest BCUT2D eigenvalue weighted by molar-refractivity contribution is -0.138. The molecular weight excluding hydrogens is 154 g/mol. The lowest BCUT2D eigenvalue weighted by Crippen LogP contribution is -2.31. The topological polar surface area (TPSA) is 63.3 Å². The molecule has 0 aromatic rings. The largest absolute Gasteiger partial charge is 0.480 e. The molecule has 0 bridgehead atoms. The number of rotatable bonds is 5. The van der Waals surface area contributed by atoms with E-state index in [1.54, 1.807) is 0 Å². The Kier molecular flexibility index (Phi) is 3.09. The molecule has 0 saturated heterocycles. The molecule has 1 aliphatic rings. The van der Waals surface area contributed by atoms with Gasteiger partial charge in [-0.2, -0.15) is 0 Å². The Balaban J connectivity index is 2.14. The van der Waals surface area contributed by atoms with Crippen molar-refractivity contribution in [2.24, 2.45) is 17.6 Å². The Labute approximate surface area is 72.9 Å². The van der Waals surface area contributed by atoms with Gasteiger partial charge < -0.3 is 10.8 Å². The molecule has 2 atom stereocenters. The molecule has 0 heterocycles. The minimum Gasteiger partial charge on any atom is -0.480 e.